The van der Waals surface area contributed by atoms with Crippen LogP contribution in [0.15, 0.2) is 42.5 Å². The van der Waals surface area contributed by atoms with Crippen molar-refractivity contribution in [2.75, 3.05) is 25.5 Å². The van der Waals surface area contributed by atoms with Crippen LogP contribution >= 0.6 is 0 Å². The molecule has 1 N–H and O–H groups in total. The fourth-order valence-electron chi connectivity index (χ4n) is 3.32. The first-order chi connectivity index (χ1) is 13.0. The fourth-order valence-corrected chi connectivity index (χ4v) is 3.32. The maximum atomic E-state index is 12.6. The Morgan fingerprint density at radius 2 is 2.00 bits per heavy atom. The quantitative estimate of drug-likeness (QED) is 0.853. The van der Waals surface area contributed by atoms with Gasteiger partial charge < -0.3 is 15.0 Å². The van der Waals surface area contributed by atoms with Crippen molar-refractivity contribution < 1.29 is 14.3 Å². The molecule has 0 bridgehead atoms. The van der Waals surface area contributed by atoms with Gasteiger partial charge in [-0.15, -0.1) is 0 Å². The van der Waals surface area contributed by atoms with E-state index in [0.29, 0.717) is 13.1 Å². The van der Waals surface area contributed by atoms with Gasteiger partial charge in [0, 0.05) is 25.2 Å². The van der Waals surface area contributed by atoms with E-state index in [9.17, 15) is 9.59 Å². The van der Waals surface area contributed by atoms with Crippen molar-refractivity contribution in [1.82, 2.24) is 4.90 Å². The van der Waals surface area contributed by atoms with Gasteiger partial charge >= 0.3 is 0 Å². The van der Waals surface area contributed by atoms with E-state index in [1.807, 2.05) is 56.3 Å². The van der Waals surface area contributed by atoms with E-state index in [0.717, 1.165) is 29.0 Å². The van der Waals surface area contributed by atoms with Gasteiger partial charge in [0.1, 0.15) is 5.75 Å². The Hall–Kier alpha value is -2.82. The van der Waals surface area contributed by atoms with Gasteiger partial charge in [-0.1, -0.05) is 18.2 Å². The third-order valence-corrected chi connectivity index (χ3v) is 5.16. The Bertz CT molecular complexity index is 847. The number of hydrogen-bond donors (Lipinski definition) is 1. The van der Waals surface area contributed by atoms with Crippen LogP contribution in [0, 0.1) is 19.8 Å². The van der Waals surface area contributed by atoms with Crippen molar-refractivity contribution in [3.05, 3.63) is 59.2 Å². The minimum absolute atomic E-state index is 0.0399. The first-order valence-electron chi connectivity index (χ1n) is 9.25. The topological polar surface area (TPSA) is 58.6 Å². The summed E-state index contributed by atoms with van der Waals surface area (Å²) in [6.45, 7) is 5.14. The average molecular weight is 366 g/mol. The third kappa shape index (κ3) is 4.67. The Balaban J connectivity index is 1.56. The van der Waals surface area contributed by atoms with Gasteiger partial charge in [-0.2, -0.15) is 0 Å². The number of amides is 2. The zero-order valence-electron chi connectivity index (χ0n) is 16.1. The molecule has 1 aliphatic heterocycles. The van der Waals surface area contributed by atoms with Crippen molar-refractivity contribution >= 4 is 17.5 Å². The van der Waals surface area contributed by atoms with Crippen LogP contribution in [0.3, 0.4) is 0 Å². The summed E-state index contributed by atoms with van der Waals surface area (Å²) in [5.74, 6) is 0.462. The molecule has 1 atom stereocenters. The molecule has 2 amide bonds. The molecule has 1 fully saturated rings. The Morgan fingerprint density at radius 3 is 2.74 bits per heavy atom. The van der Waals surface area contributed by atoms with Crippen LogP contribution < -0.4 is 10.1 Å². The van der Waals surface area contributed by atoms with Crippen LogP contribution in [0.4, 0.5) is 5.69 Å². The number of methoxy groups -OCH3 is 1. The normalized spacial score (nSPS) is 16.5. The summed E-state index contributed by atoms with van der Waals surface area (Å²) in [6.07, 6.45) is 1.02. The summed E-state index contributed by atoms with van der Waals surface area (Å²) in [5.41, 5.74) is 4.22. The molecule has 0 aromatic heterocycles. The second-order valence-corrected chi connectivity index (χ2v) is 7.13. The predicted molar refractivity (Wildman–Crippen MR) is 106 cm³/mol. The minimum Gasteiger partial charge on any atom is -0.497 e. The fraction of sp³-hybridized carbons (Fsp3) is 0.364. The second-order valence-electron chi connectivity index (χ2n) is 7.13. The number of aryl methyl sites for hydroxylation is 2. The lowest BCUT2D eigenvalue weighted by molar-refractivity contribution is -0.128. The van der Waals surface area contributed by atoms with Crippen LogP contribution in [-0.4, -0.2) is 36.9 Å². The molecule has 2 aromatic rings. The molecular weight excluding hydrogens is 340 g/mol. The summed E-state index contributed by atoms with van der Waals surface area (Å²) in [7, 11) is 1.64. The summed E-state index contributed by atoms with van der Waals surface area (Å²) < 4.78 is 5.24. The van der Waals surface area contributed by atoms with Gasteiger partial charge in [0.05, 0.1) is 13.0 Å². The highest BCUT2D eigenvalue weighted by Gasteiger charge is 2.34. The maximum Gasteiger partial charge on any atom is 0.229 e. The monoisotopic (exact) mass is 366 g/mol. The number of ether oxygens (including phenoxy) is 1. The van der Waals surface area contributed by atoms with E-state index in [1.165, 1.54) is 5.56 Å². The van der Waals surface area contributed by atoms with Gasteiger partial charge in [0.15, 0.2) is 0 Å². The Morgan fingerprint density at radius 1 is 1.19 bits per heavy atom. The van der Waals surface area contributed by atoms with Gasteiger partial charge in [0.2, 0.25) is 11.8 Å². The van der Waals surface area contributed by atoms with E-state index in [1.54, 1.807) is 12.0 Å². The Kier molecular flexibility index (Phi) is 5.79. The zero-order valence-corrected chi connectivity index (χ0v) is 16.1. The van der Waals surface area contributed by atoms with E-state index in [2.05, 4.69) is 5.32 Å². The number of carbonyl (C=O) groups is 2. The first-order valence-corrected chi connectivity index (χ1v) is 9.25. The van der Waals surface area contributed by atoms with Gasteiger partial charge in [0.25, 0.3) is 0 Å². The van der Waals surface area contributed by atoms with E-state index in [4.69, 9.17) is 4.74 Å². The van der Waals surface area contributed by atoms with Crippen molar-refractivity contribution in [3.8, 4) is 5.75 Å². The first kappa shape index (κ1) is 19.0. The highest BCUT2D eigenvalue weighted by Crippen LogP contribution is 2.22. The third-order valence-electron chi connectivity index (χ3n) is 5.16. The molecule has 5 heteroatoms. The van der Waals surface area contributed by atoms with Crippen LogP contribution in [0.1, 0.15) is 23.1 Å². The van der Waals surface area contributed by atoms with Crippen LogP contribution in [-0.2, 0) is 16.0 Å². The summed E-state index contributed by atoms with van der Waals surface area (Å²) in [6, 6.07) is 13.7. The summed E-state index contributed by atoms with van der Waals surface area (Å²) in [5, 5.41) is 2.95. The standard InChI is InChI=1S/C22H26N2O3/c1-15-7-8-19(11-16(15)2)23-22(26)18-13-21(25)24(14-18)10-9-17-5-4-6-20(12-17)27-3/h4-8,11-12,18H,9-10,13-14H2,1-3H3,(H,23,26). The molecule has 0 radical (unpaired) electrons. The molecule has 2 aromatic carbocycles. The van der Waals surface area contributed by atoms with Crippen LogP contribution in [0.25, 0.3) is 0 Å². The number of carbonyl (C=O) groups excluding carboxylic acids is 2. The summed E-state index contributed by atoms with van der Waals surface area (Å²) >= 11 is 0. The number of benzene rings is 2. The lowest BCUT2D eigenvalue weighted by atomic mass is 10.1. The van der Waals surface area contributed by atoms with Crippen molar-refractivity contribution in [1.29, 1.82) is 0 Å². The number of likely N-dealkylation sites (tertiary alicyclic amines) is 1. The molecule has 3 rings (SSSR count). The number of rotatable bonds is 6. The zero-order chi connectivity index (χ0) is 19.4. The molecule has 0 aliphatic carbocycles. The smallest absolute Gasteiger partial charge is 0.229 e. The van der Waals surface area contributed by atoms with Crippen molar-refractivity contribution in [2.24, 2.45) is 5.92 Å². The van der Waals surface area contributed by atoms with E-state index >= 15 is 0 Å². The molecule has 0 saturated carbocycles. The molecular formula is C22H26N2O3. The predicted octanol–water partition coefficient (Wildman–Crippen LogP) is 3.34. The minimum atomic E-state index is -0.301. The second kappa shape index (κ2) is 8.25. The molecule has 1 saturated heterocycles. The van der Waals surface area contributed by atoms with Crippen LogP contribution in [0.5, 0.6) is 5.75 Å². The molecule has 142 valence electrons. The highest BCUT2D eigenvalue weighted by atomic mass is 16.5. The van der Waals surface area contributed by atoms with Gasteiger partial charge in [-0.3, -0.25) is 9.59 Å². The molecule has 0 spiro atoms. The number of anilines is 1. The number of nitrogens with one attached hydrogen (secondary N) is 1. The molecule has 5 nitrogen and oxygen atoms in total. The summed E-state index contributed by atoms with van der Waals surface area (Å²) in [4.78, 5) is 26.6. The lowest BCUT2D eigenvalue weighted by Crippen LogP contribution is -2.30. The van der Waals surface area contributed by atoms with E-state index in [-0.39, 0.29) is 24.2 Å². The largest absolute Gasteiger partial charge is 0.497 e. The average Bonchev–Trinajstić information content (AvgIpc) is 3.04. The number of hydrogen-bond acceptors (Lipinski definition) is 3. The molecule has 27 heavy (non-hydrogen) atoms. The van der Waals surface area contributed by atoms with Crippen molar-refractivity contribution in [3.63, 3.8) is 0 Å². The lowest BCUT2D eigenvalue weighted by Gasteiger charge is -2.17. The molecule has 1 heterocycles. The van der Waals surface area contributed by atoms with Crippen molar-refractivity contribution in [2.45, 2.75) is 26.7 Å². The molecule has 1 aliphatic rings. The maximum absolute atomic E-state index is 12.6. The number of nitrogens with zero attached hydrogens (tertiary/aromatic N) is 1. The van der Waals surface area contributed by atoms with Gasteiger partial charge in [-0.05, 0) is 61.2 Å². The highest BCUT2D eigenvalue weighted by molar-refractivity contribution is 5.97. The van der Waals surface area contributed by atoms with E-state index < -0.39 is 0 Å². The molecule has 1 unspecified atom stereocenters. The Labute approximate surface area is 160 Å². The van der Waals surface area contributed by atoms with Crippen LogP contribution in [0.2, 0.25) is 0 Å². The SMILES string of the molecule is COc1cccc(CCN2CC(C(=O)Nc3ccc(C)c(C)c3)CC2=O)c1. The van der Waals surface area contributed by atoms with Gasteiger partial charge in [-0.25, -0.2) is 0 Å².